The number of carbonyl (C=O) groups is 2. The van der Waals surface area contributed by atoms with Crippen LogP contribution < -0.4 is 10.1 Å². The number of hydrogen-bond donors (Lipinski definition) is 2. The van der Waals surface area contributed by atoms with Crippen LogP contribution in [0, 0.1) is 10.8 Å². The summed E-state index contributed by atoms with van der Waals surface area (Å²) in [6.45, 7) is 16.3. The van der Waals surface area contributed by atoms with E-state index in [-0.39, 0.29) is 11.3 Å². The highest BCUT2D eigenvalue weighted by atomic mass is 16.5. The molecule has 0 aliphatic carbocycles. The summed E-state index contributed by atoms with van der Waals surface area (Å²) in [5, 5.41) is 13.5. The number of benzene rings is 1. The Morgan fingerprint density at radius 1 is 1.08 bits per heavy atom. The molecule has 5 heteroatoms. The Hall–Kier alpha value is -2.14. The van der Waals surface area contributed by atoms with Gasteiger partial charge in [-0.05, 0) is 63.8 Å². The molecule has 144 valence electrons. The van der Waals surface area contributed by atoms with Crippen LogP contribution in [0.1, 0.15) is 54.9 Å². The van der Waals surface area contributed by atoms with Crippen LogP contribution in [0.2, 0.25) is 0 Å². The fourth-order valence-electron chi connectivity index (χ4n) is 2.70. The summed E-state index contributed by atoms with van der Waals surface area (Å²) in [6.07, 6.45) is 0.518. The SMILES string of the molecule is C=C(C)C(=O)Oc1ccc(NC(=O)C(C)(CC(C)(C)C)C(C)(C)O)cc1. The molecule has 0 spiro atoms. The zero-order valence-corrected chi connectivity index (χ0v) is 16.9. The molecule has 0 fully saturated rings. The Morgan fingerprint density at radius 2 is 1.58 bits per heavy atom. The average Bonchev–Trinajstić information content (AvgIpc) is 2.46. The van der Waals surface area contributed by atoms with Crippen molar-refractivity contribution >= 4 is 17.6 Å². The van der Waals surface area contributed by atoms with E-state index in [1.807, 2.05) is 20.8 Å². The van der Waals surface area contributed by atoms with Crippen LogP contribution in [0.15, 0.2) is 36.4 Å². The van der Waals surface area contributed by atoms with Crippen molar-refractivity contribution in [3.63, 3.8) is 0 Å². The lowest BCUT2D eigenvalue weighted by Gasteiger charge is -2.42. The quantitative estimate of drug-likeness (QED) is 0.449. The first-order valence-corrected chi connectivity index (χ1v) is 8.67. The van der Waals surface area contributed by atoms with Crippen molar-refractivity contribution < 1.29 is 19.4 Å². The minimum Gasteiger partial charge on any atom is -0.423 e. The Morgan fingerprint density at radius 3 is 1.96 bits per heavy atom. The lowest BCUT2D eigenvalue weighted by atomic mass is 9.66. The summed E-state index contributed by atoms with van der Waals surface area (Å²) in [5.74, 6) is -0.385. The molecular weight excluding hydrogens is 330 g/mol. The average molecular weight is 361 g/mol. The number of carbonyl (C=O) groups excluding carboxylic acids is 2. The first-order valence-electron chi connectivity index (χ1n) is 8.67. The molecule has 0 radical (unpaired) electrons. The van der Waals surface area contributed by atoms with E-state index in [1.165, 1.54) is 0 Å². The minimum atomic E-state index is -1.19. The lowest BCUT2D eigenvalue weighted by Crippen LogP contribution is -2.51. The standard InChI is InChI=1S/C21H31NO4/c1-14(2)17(23)26-16-11-9-15(10-12-16)22-18(24)21(8,20(6,7)25)13-19(3,4)5/h9-12,25H,1,13H2,2-8H3,(H,22,24). The van der Waals surface area contributed by atoms with E-state index < -0.39 is 17.0 Å². The molecule has 0 saturated heterocycles. The van der Waals surface area contributed by atoms with Gasteiger partial charge in [0, 0.05) is 11.3 Å². The summed E-state index contributed by atoms with van der Waals surface area (Å²) in [7, 11) is 0. The first kappa shape index (κ1) is 21.9. The van der Waals surface area contributed by atoms with E-state index in [1.54, 1.807) is 52.0 Å². The van der Waals surface area contributed by atoms with Gasteiger partial charge in [0.1, 0.15) is 5.75 Å². The third-order valence-electron chi connectivity index (χ3n) is 4.41. The van der Waals surface area contributed by atoms with Gasteiger partial charge in [-0.25, -0.2) is 4.79 Å². The van der Waals surface area contributed by atoms with Gasteiger partial charge in [0.2, 0.25) is 5.91 Å². The molecule has 1 aromatic carbocycles. The molecular formula is C21H31NO4. The predicted octanol–water partition coefficient (Wildman–Crippen LogP) is 4.32. The van der Waals surface area contributed by atoms with Crippen molar-refractivity contribution in [1.82, 2.24) is 0 Å². The molecule has 1 aromatic rings. The van der Waals surface area contributed by atoms with Crippen molar-refractivity contribution in [2.45, 2.75) is 60.5 Å². The second-order valence-electron chi connectivity index (χ2n) is 8.78. The van der Waals surface area contributed by atoms with E-state index in [2.05, 4.69) is 11.9 Å². The molecule has 2 N–H and O–H groups in total. The summed E-state index contributed by atoms with van der Waals surface area (Å²) in [6, 6.07) is 6.50. The maximum atomic E-state index is 12.9. The third-order valence-corrected chi connectivity index (χ3v) is 4.41. The number of esters is 1. The Kier molecular flexibility index (Phi) is 6.42. The topological polar surface area (TPSA) is 75.6 Å². The monoisotopic (exact) mass is 361 g/mol. The van der Waals surface area contributed by atoms with Gasteiger partial charge in [0.25, 0.3) is 0 Å². The summed E-state index contributed by atoms with van der Waals surface area (Å²) >= 11 is 0. The van der Waals surface area contributed by atoms with Crippen LogP contribution in [0.5, 0.6) is 5.75 Å². The van der Waals surface area contributed by atoms with Gasteiger partial charge in [-0.15, -0.1) is 0 Å². The van der Waals surface area contributed by atoms with Crippen LogP contribution in [0.4, 0.5) is 5.69 Å². The number of hydrogen-bond acceptors (Lipinski definition) is 4. The fraction of sp³-hybridized carbons (Fsp3) is 0.524. The molecule has 5 nitrogen and oxygen atoms in total. The van der Waals surface area contributed by atoms with E-state index in [0.717, 1.165) is 0 Å². The van der Waals surface area contributed by atoms with Gasteiger partial charge < -0.3 is 15.2 Å². The smallest absolute Gasteiger partial charge is 0.338 e. The minimum absolute atomic E-state index is 0.132. The summed E-state index contributed by atoms with van der Waals surface area (Å²) in [5.41, 5.74) is -1.43. The number of nitrogens with one attached hydrogen (secondary N) is 1. The lowest BCUT2D eigenvalue weighted by molar-refractivity contribution is -0.143. The van der Waals surface area contributed by atoms with Crippen LogP contribution in [-0.4, -0.2) is 22.6 Å². The van der Waals surface area contributed by atoms with Gasteiger partial charge in [-0.3, -0.25) is 4.79 Å². The van der Waals surface area contributed by atoms with Crippen LogP contribution in [0.3, 0.4) is 0 Å². The number of amides is 1. The normalized spacial score (nSPS) is 14.3. The number of ether oxygens (including phenoxy) is 1. The van der Waals surface area contributed by atoms with Crippen LogP contribution in [0.25, 0.3) is 0 Å². The fourth-order valence-corrected chi connectivity index (χ4v) is 2.70. The maximum absolute atomic E-state index is 12.9. The molecule has 0 bridgehead atoms. The highest BCUT2D eigenvalue weighted by Crippen LogP contribution is 2.42. The second-order valence-corrected chi connectivity index (χ2v) is 8.78. The zero-order chi connectivity index (χ0) is 20.3. The number of rotatable bonds is 6. The van der Waals surface area contributed by atoms with Crippen LogP contribution in [-0.2, 0) is 9.59 Å². The predicted molar refractivity (Wildman–Crippen MR) is 104 cm³/mol. The van der Waals surface area contributed by atoms with Crippen molar-refractivity contribution in [3.05, 3.63) is 36.4 Å². The van der Waals surface area contributed by atoms with E-state index >= 15 is 0 Å². The van der Waals surface area contributed by atoms with Crippen molar-refractivity contribution in [2.24, 2.45) is 10.8 Å². The zero-order valence-electron chi connectivity index (χ0n) is 16.9. The maximum Gasteiger partial charge on any atom is 0.338 e. The molecule has 0 saturated carbocycles. The van der Waals surface area contributed by atoms with Crippen molar-refractivity contribution in [2.75, 3.05) is 5.32 Å². The van der Waals surface area contributed by atoms with E-state index in [9.17, 15) is 14.7 Å². The third kappa shape index (κ3) is 5.70. The van der Waals surface area contributed by atoms with E-state index in [4.69, 9.17) is 4.74 Å². The largest absolute Gasteiger partial charge is 0.423 e. The molecule has 1 atom stereocenters. The molecule has 1 rings (SSSR count). The van der Waals surface area contributed by atoms with Gasteiger partial charge >= 0.3 is 5.97 Å². The van der Waals surface area contributed by atoms with Gasteiger partial charge in [0.15, 0.2) is 0 Å². The molecule has 0 aromatic heterocycles. The highest BCUT2D eigenvalue weighted by Gasteiger charge is 2.48. The first-order chi connectivity index (χ1) is 11.7. The summed E-state index contributed by atoms with van der Waals surface area (Å²) in [4.78, 5) is 24.5. The Labute approximate surface area is 156 Å². The van der Waals surface area contributed by atoms with Gasteiger partial charge in [-0.1, -0.05) is 27.4 Å². The van der Waals surface area contributed by atoms with Crippen molar-refractivity contribution in [3.8, 4) is 5.75 Å². The molecule has 26 heavy (non-hydrogen) atoms. The van der Waals surface area contributed by atoms with E-state index in [0.29, 0.717) is 23.4 Å². The Balaban J connectivity index is 2.96. The molecule has 0 aliphatic rings. The molecule has 0 aliphatic heterocycles. The summed E-state index contributed by atoms with van der Waals surface area (Å²) < 4.78 is 5.13. The number of aliphatic hydroxyl groups is 1. The molecule has 1 unspecified atom stereocenters. The van der Waals surface area contributed by atoms with Gasteiger partial charge in [0.05, 0.1) is 11.0 Å². The molecule has 0 heterocycles. The highest BCUT2D eigenvalue weighted by molar-refractivity contribution is 5.96. The van der Waals surface area contributed by atoms with Crippen molar-refractivity contribution in [1.29, 1.82) is 0 Å². The van der Waals surface area contributed by atoms with Gasteiger partial charge in [-0.2, -0.15) is 0 Å². The molecule has 1 amide bonds. The van der Waals surface area contributed by atoms with Crippen LogP contribution >= 0.6 is 0 Å². The Bertz CT molecular complexity index is 677. The number of anilines is 1. The second kappa shape index (κ2) is 7.62.